The van der Waals surface area contributed by atoms with Crippen molar-refractivity contribution in [3.63, 3.8) is 0 Å². The molecule has 0 radical (unpaired) electrons. The minimum atomic E-state index is -0.315. The Labute approximate surface area is 242 Å². The zero-order valence-electron chi connectivity index (χ0n) is 24.7. The number of carbonyl (C=O) groups is 1. The van der Waals surface area contributed by atoms with Crippen LogP contribution in [0.1, 0.15) is 50.8 Å². The van der Waals surface area contributed by atoms with Gasteiger partial charge >= 0.3 is 5.69 Å². The Kier molecular flexibility index (Phi) is 8.38. The van der Waals surface area contributed by atoms with Crippen LogP contribution in [0.3, 0.4) is 0 Å². The predicted molar refractivity (Wildman–Crippen MR) is 161 cm³/mol. The van der Waals surface area contributed by atoms with Crippen molar-refractivity contribution in [3.05, 3.63) is 69.4 Å². The van der Waals surface area contributed by atoms with Gasteiger partial charge in [-0.3, -0.25) is 19.2 Å². The van der Waals surface area contributed by atoms with E-state index in [-0.39, 0.29) is 29.7 Å². The van der Waals surface area contributed by atoms with Crippen molar-refractivity contribution in [2.24, 2.45) is 7.05 Å². The van der Waals surface area contributed by atoms with Gasteiger partial charge in [0.2, 0.25) is 11.4 Å². The fourth-order valence-electron chi connectivity index (χ4n) is 6.17. The Morgan fingerprint density at radius 1 is 0.976 bits per heavy atom. The summed E-state index contributed by atoms with van der Waals surface area (Å²) in [4.78, 5) is 46.4. The van der Waals surface area contributed by atoms with Gasteiger partial charge in [0.25, 0.3) is 5.82 Å². The number of fused-ring (bicyclic) bond motifs is 1. The molecule has 0 spiro atoms. The number of aryl methyl sites for hydroxylation is 1. The first-order chi connectivity index (χ1) is 19.7. The molecule has 2 fully saturated rings. The van der Waals surface area contributed by atoms with E-state index < -0.39 is 0 Å². The van der Waals surface area contributed by atoms with Crippen molar-refractivity contribution in [2.75, 3.05) is 44.7 Å². The Bertz CT molecular complexity index is 1510. The lowest BCUT2D eigenvalue weighted by atomic mass is 9.96. The van der Waals surface area contributed by atoms with Crippen LogP contribution in [-0.4, -0.2) is 87.0 Å². The van der Waals surface area contributed by atoms with E-state index in [4.69, 9.17) is 6.57 Å². The van der Waals surface area contributed by atoms with Crippen LogP contribution < -0.4 is 10.6 Å². The number of amides is 1. The maximum absolute atomic E-state index is 12.8. The standard InChI is InChI=1S/C31H40N8O2/c1-7-24-19-39(30-29-26(36(6)31(41)34-30)13-14-27(32-4)33-29)25(8-2)18-38(24)21(3)23-11-9-22(10-12-23)17-37-16-15-35(5)28(40)20-37/h9-14,21,24-25H,7-8,15-20H2,1-3,5-6H3/t21?,24-,25+/m1/s1. The number of benzene rings is 1. The molecule has 0 N–H and O–H groups in total. The van der Waals surface area contributed by atoms with E-state index in [1.807, 2.05) is 7.05 Å². The first kappa shape index (κ1) is 28.7. The molecule has 1 aromatic carbocycles. The van der Waals surface area contributed by atoms with Gasteiger partial charge in [0.1, 0.15) is 0 Å². The molecule has 10 nitrogen and oxygen atoms in total. The third kappa shape index (κ3) is 5.69. The second-order valence-corrected chi connectivity index (χ2v) is 11.3. The normalized spacial score (nSPS) is 21.3. The number of pyridine rings is 1. The van der Waals surface area contributed by atoms with E-state index in [2.05, 4.69) is 74.5 Å². The molecule has 4 heterocycles. The zero-order chi connectivity index (χ0) is 29.3. The lowest BCUT2D eigenvalue weighted by Gasteiger charge is -2.49. The summed E-state index contributed by atoms with van der Waals surface area (Å²) in [6.45, 7) is 18.6. The SMILES string of the molecule is [C-]#[N+]c1ccc2c(n1)c(N1C[C@@H](CC)N(C(C)c3ccc(CN4CCN(C)C(=O)C4)cc3)C[C@@H]1CC)nc(=O)n2C. The van der Waals surface area contributed by atoms with Crippen molar-refractivity contribution < 1.29 is 4.79 Å². The predicted octanol–water partition coefficient (Wildman–Crippen LogP) is 3.59. The molecule has 3 atom stereocenters. The number of anilines is 1. The van der Waals surface area contributed by atoms with Crippen LogP contribution in [0.4, 0.5) is 11.6 Å². The summed E-state index contributed by atoms with van der Waals surface area (Å²) in [6.07, 6.45) is 1.85. The number of hydrogen-bond donors (Lipinski definition) is 0. The topological polar surface area (TPSA) is 82.2 Å². The van der Waals surface area contributed by atoms with E-state index in [1.54, 1.807) is 24.1 Å². The molecule has 10 heteroatoms. The van der Waals surface area contributed by atoms with E-state index in [0.29, 0.717) is 29.2 Å². The van der Waals surface area contributed by atoms with Crippen LogP contribution in [0.5, 0.6) is 0 Å². The number of aromatic nitrogens is 3. The fraction of sp³-hybridized carbons (Fsp3) is 0.516. The summed E-state index contributed by atoms with van der Waals surface area (Å²) >= 11 is 0. The van der Waals surface area contributed by atoms with Crippen LogP contribution in [0.2, 0.25) is 0 Å². The average Bonchev–Trinajstić information content (AvgIpc) is 2.99. The number of rotatable bonds is 7. The average molecular weight is 557 g/mol. The molecule has 0 bridgehead atoms. The summed E-state index contributed by atoms with van der Waals surface area (Å²) in [5.74, 6) is 1.06. The summed E-state index contributed by atoms with van der Waals surface area (Å²) in [5.41, 5.74) is 3.46. The Morgan fingerprint density at radius 2 is 1.71 bits per heavy atom. The van der Waals surface area contributed by atoms with Gasteiger partial charge < -0.3 is 14.6 Å². The zero-order valence-corrected chi connectivity index (χ0v) is 24.7. The number of nitrogens with zero attached hydrogens (tertiary/aromatic N) is 8. The number of hydrogen-bond acceptors (Lipinski definition) is 7. The van der Waals surface area contributed by atoms with Crippen LogP contribution in [0, 0.1) is 6.57 Å². The molecule has 0 aliphatic carbocycles. The molecule has 2 aliphatic heterocycles. The minimum Gasteiger partial charge on any atom is -0.361 e. The lowest BCUT2D eigenvalue weighted by molar-refractivity contribution is -0.134. The second-order valence-electron chi connectivity index (χ2n) is 11.3. The van der Waals surface area contributed by atoms with Crippen molar-refractivity contribution >= 4 is 28.6 Å². The first-order valence-electron chi connectivity index (χ1n) is 14.6. The Hall–Kier alpha value is -3.81. The quantitative estimate of drug-likeness (QED) is 0.412. The van der Waals surface area contributed by atoms with E-state index >= 15 is 0 Å². The molecule has 1 unspecified atom stereocenters. The van der Waals surface area contributed by atoms with Gasteiger partial charge in [0.05, 0.1) is 12.1 Å². The molecule has 41 heavy (non-hydrogen) atoms. The van der Waals surface area contributed by atoms with Crippen molar-refractivity contribution in [1.29, 1.82) is 0 Å². The molecule has 0 saturated carbocycles. The summed E-state index contributed by atoms with van der Waals surface area (Å²) in [6, 6.07) is 12.9. The van der Waals surface area contributed by atoms with Crippen LogP contribution in [0.25, 0.3) is 15.9 Å². The molecule has 3 aromatic rings. The maximum atomic E-state index is 12.8. The molecular weight excluding hydrogens is 516 g/mol. The Balaban J connectivity index is 1.37. The van der Waals surface area contributed by atoms with Crippen molar-refractivity contribution in [2.45, 2.75) is 58.3 Å². The van der Waals surface area contributed by atoms with Gasteiger partial charge in [0, 0.05) is 64.9 Å². The van der Waals surface area contributed by atoms with Gasteiger partial charge in [0.15, 0.2) is 5.82 Å². The maximum Gasteiger partial charge on any atom is 0.350 e. The summed E-state index contributed by atoms with van der Waals surface area (Å²) in [5, 5.41) is 0. The molecule has 2 aromatic heterocycles. The van der Waals surface area contributed by atoms with Gasteiger partial charge in [-0.05, 0) is 43.0 Å². The van der Waals surface area contributed by atoms with Gasteiger partial charge in [-0.2, -0.15) is 4.98 Å². The summed E-state index contributed by atoms with van der Waals surface area (Å²) in [7, 11) is 3.56. The van der Waals surface area contributed by atoms with E-state index in [1.165, 1.54) is 15.7 Å². The van der Waals surface area contributed by atoms with Crippen molar-refractivity contribution in [1.82, 2.24) is 29.2 Å². The van der Waals surface area contributed by atoms with Crippen LogP contribution in [0.15, 0.2) is 41.2 Å². The van der Waals surface area contributed by atoms with E-state index in [0.717, 1.165) is 45.6 Å². The third-order valence-corrected chi connectivity index (χ3v) is 8.89. The fourth-order valence-corrected chi connectivity index (χ4v) is 6.17. The third-order valence-electron chi connectivity index (χ3n) is 8.89. The lowest BCUT2D eigenvalue weighted by Crippen LogP contribution is -2.59. The highest BCUT2D eigenvalue weighted by atomic mass is 16.2. The van der Waals surface area contributed by atoms with Crippen LogP contribution >= 0.6 is 0 Å². The van der Waals surface area contributed by atoms with Crippen LogP contribution in [-0.2, 0) is 18.4 Å². The highest BCUT2D eigenvalue weighted by Crippen LogP contribution is 2.34. The first-order valence-corrected chi connectivity index (χ1v) is 14.6. The van der Waals surface area contributed by atoms with E-state index in [9.17, 15) is 9.59 Å². The minimum absolute atomic E-state index is 0.149. The van der Waals surface area contributed by atoms with Gasteiger partial charge in [-0.25, -0.2) is 4.79 Å². The number of piperazine rings is 2. The monoisotopic (exact) mass is 556 g/mol. The largest absolute Gasteiger partial charge is 0.361 e. The highest BCUT2D eigenvalue weighted by Gasteiger charge is 2.37. The molecule has 1 amide bonds. The van der Waals surface area contributed by atoms with Crippen molar-refractivity contribution in [3.8, 4) is 0 Å². The molecule has 2 aliphatic rings. The van der Waals surface area contributed by atoms with Gasteiger partial charge in [-0.15, -0.1) is 4.98 Å². The molecule has 2 saturated heterocycles. The highest BCUT2D eigenvalue weighted by molar-refractivity contribution is 5.87. The molecule has 5 rings (SSSR count). The number of likely N-dealkylation sites (N-methyl/N-ethyl adjacent to an activating group) is 1. The Morgan fingerprint density at radius 3 is 2.37 bits per heavy atom. The molecular formula is C31H40N8O2. The molecule has 216 valence electrons. The number of carbonyl (C=O) groups excluding carboxylic acids is 1. The second kappa shape index (κ2) is 12.0. The summed E-state index contributed by atoms with van der Waals surface area (Å²) < 4.78 is 1.50. The van der Waals surface area contributed by atoms with Gasteiger partial charge in [-0.1, -0.05) is 44.7 Å². The smallest absolute Gasteiger partial charge is 0.350 e.